The van der Waals surface area contributed by atoms with Crippen molar-refractivity contribution in [1.82, 2.24) is 20.1 Å². The maximum Gasteiger partial charge on any atom is 0.253 e. The fraction of sp³-hybridized carbons (Fsp3) is 0.565. The summed E-state index contributed by atoms with van der Waals surface area (Å²) in [6.07, 6.45) is 2.35. The minimum Gasteiger partial charge on any atom is -0.497 e. The summed E-state index contributed by atoms with van der Waals surface area (Å²) in [5, 5.41) is 4.98. The van der Waals surface area contributed by atoms with Crippen molar-refractivity contribution in [3.8, 4) is 5.75 Å². The van der Waals surface area contributed by atoms with Gasteiger partial charge in [-0.3, -0.25) is 9.69 Å². The van der Waals surface area contributed by atoms with E-state index in [-0.39, 0.29) is 11.7 Å². The zero-order chi connectivity index (χ0) is 22.3. The molecule has 2 aromatic rings. The van der Waals surface area contributed by atoms with Gasteiger partial charge >= 0.3 is 0 Å². The summed E-state index contributed by atoms with van der Waals surface area (Å²) in [7, 11) is 1.62. The number of benzene rings is 1. The smallest absolute Gasteiger partial charge is 0.253 e. The molecule has 1 aromatic carbocycles. The molecule has 0 radical (unpaired) electrons. The molecular formula is C23H32N4O4S. The lowest BCUT2D eigenvalue weighted by atomic mass is 10.1. The summed E-state index contributed by atoms with van der Waals surface area (Å²) in [5.74, 6) is 0.715. The van der Waals surface area contributed by atoms with Crippen molar-refractivity contribution >= 4 is 28.2 Å². The van der Waals surface area contributed by atoms with Crippen molar-refractivity contribution in [2.45, 2.75) is 25.5 Å². The molecule has 0 amide bonds. The number of aromatic nitrogens is 1. The average Bonchev–Trinajstić information content (AvgIpc) is 3.34. The topological polar surface area (TPSA) is 79.1 Å². The Balaban J connectivity index is 1.48. The molecule has 32 heavy (non-hydrogen) atoms. The normalized spacial score (nSPS) is 19.2. The van der Waals surface area contributed by atoms with Gasteiger partial charge in [0.2, 0.25) is 0 Å². The Morgan fingerprint density at radius 1 is 1.31 bits per heavy atom. The number of hydrogen-bond donors (Lipinski definition) is 2. The van der Waals surface area contributed by atoms with E-state index in [1.807, 2.05) is 24.3 Å². The Hall–Kier alpha value is -2.20. The minimum atomic E-state index is -0.107. The van der Waals surface area contributed by atoms with Gasteiger partial charge < -0.3 is 29.4 Å². The summed E-state index contributed by atoms with van der Waals surface area (Å²) < 4.78 is 16.4. The molecule has 2 aliphatic heterocycles. The molecule has 0 aliphatic carbocycles. The Labute approximate surface area is 193 Å². The van der Waals surface area contributed by atoms with Gasteiger partial charge in [-0.25, -0.2) is 0 Å². The Morgan fingerprint density at radius 3 is 2.91 bits per heavy atom. The van der Waals surface area contributed by atoms with E-state index in [2.05, 4.69) is 20.1 Å². The highest BCUT2D eigenvalue weighted by atomic mass is 32.1. The lowest BCUT2D eigenvalue weighted by Crippen LogP contribution is -2.47. The first kappa shape index (κ1) is 23.0. The second kappa shape index (κ2) is 11.1. The summed E-state index contributed by atoms with van der Waals surface area (Å²) in [6.45, 7) is 6.91. The Bertz CT molecular complexity index is 970. The number of aromatic amines is 1. The number of thiocarbonyl (C=S) groups is 1. The van der Waals surface area contributed by atoms with Gasteiger partial charge in [0.15, 0.2) is 5.11 Å². The van der Waals surface area contributed by atoms with E-state index in [9.17, 15) is 4.79 Å². The van der Waals surface area contributed by atoms with Crippen molar-refractivity contribution in [3.05, 3.63) is 40.2 Å². The lowest BCUT2D eigenvalue weighted by Gasteiger charge is -2.31. The molecule has 4 rings (SSSR count). The van der Waals surface area contributed by atoms with Crippen LogP contribution in [0.2, 0.25) is 0 Å². The van der Waals surface area contributed by atoms with E-state index < -0.39 is 0 Å². The second-order valence-electron chi connectivity index (χ2n) is 8.27. The van der Waals surface area contributed by atoms with Gasteiger partial charge in [0.25, 0.3) is 5.56 Å². The van der Waals surface area contributed by atoms with Gasteiger partial charge in [-0.05, 0) is 48.6 Å². The highest BCUT2D eigenvalue weighted by Gasteiger charge is 2.19. The molecule has 9 heteroatoms. The van der Waals surface area contributed by atoms with Crippen LogP contribution in [0.25, 0.3) is 10.9 Å². The van der Waals surface area contributed by atoms with Gasteiger partial charge in [0.05, 0.1) is 38.5 Å². The molecule has 2 N–H and O–H groups in total. The molecule has 174 valence electrons. The van der Waals surface area contributed by atoms with E-state index in [0.29, 0.717) is 29.5 Å². The molecule has 8 nitrogen and oxygen atoms in total. The van der Waals surface area contributed by atoms with E-state index >= 15 is 0 Å². The van der Waals surface area contributed by atoms with Crippen LogP contribution in [0.4, 0.5) is 0 Å². The summed E-state index contributed by atoms with van der Waals surface area (Å²) in [6, 6.07) is 7.64. The second-order valence-corrected chi connectivity index (χ2v) is 8.66. The molecular weight excluding hydrogens is 428 g/mol. The Morgan fingerprint density at radius 2 is 2.16 bits per heavy atom. The van der Waals surface area contributed by atoms with Crippen LogP contribution in [0.5, 0.6) is 5.75 Å². The number of nitrogens with one attached hydrogen (secondary N) is 2. The summed E-state index contributed by atoms with van der Waals surface area (Å²) in [5.41, 5.74) is 1.34. The zero-order valence-corrected chi connectivity index (χ0v) is 19.4. The molecule has 2 saturated heterocycles. The van der Waals surface area contributed by atoms with E-state index in [1.54, 1.807) is 7.11 Å². The number of pyridine rings is 1. The predicted octanol–water partition coefficient (Wildman–Crippen LogP) is 1.72. The molecule has 2 fully saturated rings. The van der Waals surface area contributed by atoms with E-state index in [0.717, 1.165) is 69.7 Å². The van der Waals surface area contributed by atoms with Gasteiger partial charge in [-0.1, -0.05) is 0 Å². The number of rotatable bonds is 8. The number of methoxy groups -OCH3 is 1. The van der Waals surface area contributed by atoms with Crippen LogP contribution in [0, 0.1) is 0 Å². The van der Waals surface area contributed by atoms with Crippen LogP contribution in [-0.4, -0.2) is 85.7 Å². The zero-order valence-electron chi connectivity index (χ0n) is 18.6. The first-order valence-electron chi connectivity index (χ1n) is 11.3. The summed E-state index contributed by atoms with van der Waals surface area (Å²) >= 11 is 5.74. The quantitative estimate of drug-likeness (QED) is 0.577. The molecule has 1 atom stereocenters. The number of H-pyrrole nitrogens is 1. The Kier molecular flexibility index (Phi) is 7.96. The van der Waals surface area contributed by atoms with Crippen molar-refractivity contribution in [3.63, 3.8) is 0 Å². The fourth-order valence-electron chi connectivity index (χ4n) is 4.13. The van der Waals surface area contributed by atoms with Crippen molar-refractivity contribution in [2.75, 3.05) is 59.7 Å². The van der Waals surface area contributed by atoms with Crippen LogP contribution in [0.15, 0.2) is 29.1 Å². The first-order valence-corrected chi connectivity index (χ1v) is 11.7. The molecule has 0 spiro atoms. The number of fused-ring (bicyclic) bond motifs is 1. The summed E-state index contributed by atoms with van der Waals surface area (Å²) in [4.78, 5) is 20.3. The van der Waals surface area contributed by atoms with E-state index in [1.165, 1.54) is 0 Å². The van der Waals surface area contributed by atoms with Gasteiger partial charge in [-0.2, -0.15) is 0 Å². The maximum absolute atomic E-state index is 12.8. The maximum atomic E-state index is 12.8. The van der Waals surface area contributed by atoms with Gasteiger partial charge in [-0.15, -0.1) is 0 Å². The fourth-order valence-corrected chi connectivity index (χ4v) is 4.37. The number of hydrogen-bond acceptors (Lipinski definition) is 6. The third kappa shape index (κ3) is 5.98. The first-order chi connectivity index (χ1) is 15.6. The molecule has 3 heterocycles. The third-order valence-electron chi connectivity index (χ3n) is 6.07. The van der Waals surface area contributed by atoms with Gasteiger partial charge in [0, 0.05) is 51.0 Å². The highest BCUT2D eigenvalue weighted by molar-refractivity contribution is 7.80. The highest BCUT2D eigenvalue weighted by Crippen LogP contribution is 2.19. The third-order valence-corrected chi connectivity index (χ3v) is 6.48. The minimum absolute atomic E-state index is 0.107. The van der Waals surface area contributed by atoms with Crippen LogP contribution in [0.3, 0.4) is 0 Å². The van der Waals surface area contributed by atoms with Crippen molar-refractivity contribution in [2.24, 2.45) is 0 Å². The van der Waals surface area contributed by atoms with Gasteiger partial charge in [0.1, 0.15) is 5.75 Å². The molecule has 0 bridgehead atoms. The molecule has 0 saturated carbocycles. The predicted molar refractivity (Wildman–Crippen MR) is 128 cm³/mol. The molecule has 1 aromatic heterocycles. The largest absolute Gasteiger partial charge is 0.497 e. The van der Waals surface area contributed by atoms with Crippen LogP contribution >= 0.6 is 12.2 Å². The van der Waals surface area contributed by atoms with Crippen LogP contribution < -0.4 is 15.6 Å². The number of ether oxygens (including phenoxy) is 3. The lowest BCUT2D eigenvalue weighted by molar-refractivity contribution is 0.0356. The monoisotopic (exact) mass is 460 g/mol. The van der Waals surface area contributed by atoms with Crippen molar-refractivity contribution < 1.29 is 14.2 Å². The standard InChI is InChI=1S/C23H32N4O4S/c1-29-19-5-4-17-13-18(22(28)25-21(17)14-19)16-27(7-6-26-8-11-30-12-9-26)23(32)24-15-20-3-2-10-31-20/h4-5,13-14,20H,2-3,6-12,15-16H2,1H3,(H,24,32)(H,25,28)/t20-/m0/s1. The van der Waals surface area contributed by atoms with Crippen LogP contribution in [0.1, 0.15) is 18.4 Å². The van der Waals surface area contributed by atoms with E-state index in [4.69, 9.17) is 26.4 Å². The SMILES string of the molecule is COc1ccc2cc(CN(CCN3CCOCC3)C(=S)NC[C@@H]3CCCO3)c(=O)[nH]c2c1. The van der Waals surface area contributed by atoms with Crippen LogP contribution in [-0.2, 0) is 16.0 Å². The number of morpholine rings is 1. The molecule has 2 aliphatic rings. The van der Waals surface area contributed by atoms with Crippen molar-refractivity contribution in [1.29, 1.82) is 0 Å². The number of nitrogens with zero attached hydrogens (tertiary/aromatic N) is 2. The average molecular weight is 461 g/mol. The molecule has 0 unspecified atom stereocenters.